The highest BCUT2D eigenvalue weighted by atomic mass is 19.4. The van der Waals surface area contributed by atoms with Gasteiger partial charge in [0, 0.05) is 6.20 Å². The van der Waals surface area contributed by atoms with Crippen molar-refractivity contribution in [2.24, 2.45) is 0 Å². The molecule has 136 valence electrons. The summed E-state index contributed by atoms with van der Waals surface area (Å²) in [6.07, 6.45) is -8.97. The summed E-state index contributed by atoms with van der Waals surface area (Å²) in [7, 11) is 0. The van der Waals surface area contributed by atoms with E-state index in [0.29, 0.717) is 16.7 Å². The molecular formula is C15H7F6N3O2. The number of H-pyrrole nitrogens is 1. The number of nitrogens with one attached hydrogen (secondary N) is 1. The number of hydrogen-bond donors (Lipinski definition) is 1. The fourth-order valence-electron chi connectivity index (χ4n) is 2.45. The third-order valence-electron chi connectivity index (χ3n) is 3.53. The van der Waals surface area contributed by atoms with Gasteiger partial charge in [0.05, 0.1) is 22.2 Å². The number of aromatic amines is 1. The second kappa shape index (κ2) is 5.71. The molecule has 3 rings (SSSR count). The smallest absolute Gasteiger partial charge is 0.273 e. The zero-order valence-corrected chi connectivity index (χ0v) is 12.4. The van der Waals surface area contributed by atoms with E-state index in [9.17, 15) is 35.9 Å². The molecule has 0 bridgehead atoms. The van der Waals surface area contributed by atoms with E-state index in [1.807, 2.05) is 0 Å². The third kappa shape index (κ3) is 2.95. The highest BCUT2D eigenvalue weighted by Crippen LogP contribution is 2.34. The number of benzene rings is 1. The van der Waals surface area contributed by atoms with Gasteiger partial charge in [-0.15, -0.1) is 0 Å². The summed E-state index contributed by atoms with van der Waals surface area (Å²) in [5.74, 6) is 0. The van der Waals surface area contributed by atoms with Crippen molar-refractivity contribution in [3.8, 4) is 5.69 Å². The lowest BCUT2D eigenvalue weighted by atomic mass is 10.1. The molecule has 1 aromatic carbocycles. The fourth-order valence-corrected chi connectivity index (χ4v) is 2.45. The van der Waals surface area contributed by atoms with Crippen LogP contribution in [0.25, 0.3) is 16.6 Å². The predicted molar refractivity (Wildman–Crippen MR) is 78.0 cm³/mol. The average Bonchev–Trinajstić information content (AvgIpc) is 2.53. The van der Waals surface area contributed by atoms with Gasteiger partial charge in [0.2, 0.25) is 0 Å². The van der Waals surface area contributed by atoms with E-state index in [1.54, 1.807) is 4.98 Å². The summed E-state index contributed by atoms with van der Waals surface area (Å²) in [6.45, 7) is 0. The standard InChI is InChI=1S/C15H7F6N3O2/c16-14(17,18)7-3-4-8-10(6-7)24(13(26)23-12(8)25)9-2-1-5-22-11(9)15(19,20)21/h1-6H,(H,23,25,26). The van der Waals surface area contributed by atoms with Gasteiger partial charge in [-0.1, -0.05) is 0 Å². The van der Waals surface area contributed by atoms with Gasteiger partial charge >= 0.3 is 18.0 Å². The summed E-state index contributed by atoms with van der Waals surface area (Å²) in [5, 5.41) is -0.380. The first-order chi connectivity index (χ1) is 12.0. The van der Waals surface area contributed by atoms with Crippen LogP contribution < -0.4 is 11.2 Å². The zero-order valence-electron chi connectivity index (χ0n) is 12.4. The first-order valence-electron chi connectivity index (χ1n) is 6.89. The van der Waals surface area contributed by atoms with E-state index >= 15 is 0 Å². The molecule has 0 aliphatic heterocycles. The van der Waals surface area contributed by atoms with E-state index in [0.717, 1.165) is 24.4 Å². The number of pyridine rings is 1. The molecule has 0 atom stereocenters. The lowest BCUT2D eigenvalue weighted by Gasteiger charge is -2.16. The van der Waals surface area contributed by atoms with Crippen LogP contribution in [-0.2, 0) is 12.4 Å². The molecule has 1 N–H and O–H groups in total. The van der Waals surface area contributed by atoms with Crippen LogP contribution in [0.5, 0.6) is 0 Å². The van der Waals surface area contributed by atoms with Crippen LogP contribution in [0.1, 0.15) is 11.3 Å². The van der Waals surface area contributed by atoms with Gasteiger partial charge in [0.1, 0.15) is 0 Å². The molecule has 5 nitrogen and oxygen atoms in total. The zero-order chi connectivity index (χ0) is 19.3. The number of aromatic nitrogens is 3. The molecule has 0 aliphatic rings. The maximum atomic E-state index is 13.2. The molecule has 0 aliphatic carbocycles. The molecule has 0 saturated carbocycles. The summed E-state index contributed by atoms with van der Waals surface area (Å²) >= 11 is 0. The van der Waals surface area contributed by atoms with Crippen LogP contribution in [0.2, 0.25) is 0 Å². The second-order valence-electron chi connectivity index (χ2n) is 5.19. The summed E-state index contributed by atoms with van der Waals surface area (Å²) < 4.78 is 78.8. The predicted octanol–water partition coefficient (Wildman–Crippen LogP) is 3.11. The minimum Gasteiger partial charge on any atom is -0.273 e. The lowest BCUT2D eigenvalue weighted by Crippen LogP contribution is -2.31. The normalized spacial score (nSPS) is 12.5. The molecule has 3 aromatic rings. The van der Waals surface area contributed by atoms with Crippen molar-refractivity contribution >= 4 is 10.9 Å². The van der Waals surface area contributed by atoms with Crippen molar-refractivity contribution in [1.82, 2.24) is 14.5 Å². The van der Waals surface area contributed by atoms with Crippen LogP contribution in [0.4, 0.5) is 26.3 Å². The SMILES string of the molecule is O=c1[nH]c(=O)n(-c2cccnc2C(F)(F)F)c2cc(C(F)(F)F)ccc12. The maximum absolute atomic E-state index is 13.2. The molecule has 0 unspecified atom stereocenters. The van der Waals surface area contributed by atoms with Gasteiger partial charge in [-0.3, -0.25) is 14.3 Å². The Morgan fingerprint density at radius 2 is 1.65 bits per heavy atom. The minimum atomic E-state index is -4.97. The lowest BCUT2D eigenvalue weighted by molar-refractivity contribution is -0.141. The molecule has 0 radical (unpaired) electrons. The van der Waals surface area contributed by atoms with Gasteiger partial charge in [-0.25, -0.2) is 9.78 Å². The van der Waals surface area contributed by atoms with Gasteiger partial charge in [0.25, 0.3) is 5.56 Å². The number of fused-ring (bicyclic) bond motifs is 1. The van der Waals surface area contributed by atoms with Crippen LogP contribution in [0.15, 0.2) is 46.1 Å². The van der Waals surface area contributed by atoms with Crippen molar-refractivity contribution < 1.29 is 26.3 Å². The Labute approximate surface area is 139 Å². The summed E-state index contributed by atoms with van der Waals surface area (Å²) in [6, 6.07) is 3.78. The molecule has 0 spiro atoms. The Bertz CT molecular complexity index is 1110. The monoisotopic (exact) mass is 375 g/mol. The van der Waals surface area contributed by atoms with Crippen LogP contribution in [0.3, 0.4) is 0 Å². The second-order valence-corrected chi connectivity index (χ2v) is 5.19. The first kappa shape index (κ1) is 17.7. The summed E-state index contributed by atoms with van der Waals surface area (Å²) in [5.41, 5.74) is -6.46. The largest absolute Gasteiger partial charge is 0.435 e. The molecule has 2 heterocycles. The van der Waals surface area contributed by atoms with E-state index in [2.05, 4.69) is 4.98 Å². The van der Waals surface area contributed by atoms with Gasteiger partial charge < -0.3 is 0 Å². The number of hydrogen-bond acceptors (Lipinski definition) is 3. The minimum absolute atomic E-state index is 0.349. The molecule has 0 saturated heterocycles. The topological polar surface area (TPSA) is 67.8 Å². The number of halogens is 6. The van der Waals surface area contributed by atoms with Crippen molar-refractivity contribution in [1.29, 1.82) is 0 Å². The summed E-state index contributed by atoms with van der Waals surface area (Å²) in [4.78, 5) is 28.9. The first-order valence-corrected chi connectivity index (χ1v) is 6.89. The van der Waals surface area contributed by atoms with Gasteiger partial charge in [-0.2, -0.15) is 26.3 Å². The molecule has 2 aromatic heterocycles. The van der Waals surface area contributed by atoms with Crippen molar-refractivity contribution in [3.05, 3.63) is 68.6 Å². The third-order valence-corrected chi connectivity index (χ3v) is 3.53. The fraction of sp³-hybridized carbons (Fsp3) is 0.133. The van der Waals surface area contributed by atoms with Crippen LogP contribution in [-0.4, -0.2) is 14.5 Å². The number of nitrogens with zero attached hydrogens (tertiary/aromatic N) is 2. The average molecular weight is 375 g/mol. The van der Waals surface area contributed by atoms with E-state index < -0.39 is 46.1 Å². The van der Waals surface area contributed by atoms with E-state index in [4.69, 9.17) is 0 Å². The van der Waals surface area contributed by atoms with E-state index in [-0.39, 0.29) is 5.39 Å². The number of alkyl halides is 6. The van der Waals surface area contributed by atoms with Gasteiger partial charge in [-0.05, 0) is 30.3 Å². The van der Waals surface area contributed by atoms with E-state index in [1.165, 1.54) is 0 Å². The van der Waals surface area contributed by atoms with Gasteiger partial charge in [0.15, 0.2) is 5.69 Å². The van der Waals surface area contributed by atoms with Crippen LogP contribution >= 0.6 is 0 Å². The Morgan fingerprint density at radius 3 is 2.27 bits per heavy atom. The maximum Gasteiger partial charge on any atom is 0.435 e. The molecule has 0 fully saturated rings. The Kier molecular flexibility index (Phi) is 3.89. The van der Waals surface area contributed by atoms with Crippen molar-refractivity contribution in [2.45, 2.75) is 12.4 Å². The Hall–Kier alpha value is -3.11. The van der Waals surface area contributed by atoms with Crippen LogP contribution in [0, 0.1) is 0 Å². The Morgan fingerprint density at radius 1 is 0.962 bits per heavy atom. The Balaban J connectivity index is 2.48. The quantitative estimate of drug-likeness (QED) is 0.665. The molecule has 11 heteroatoms. The number of rotatable bonds is 1. The highest BCUT2D eigenvalue weighted by molar-refractivity contribution is 5.80. The molecule has 0 amide bonds. The highest BCUT2D eigenvalue weighted by Gasteiger charge is 2.37. The van der Waals surface area contributed by atoms with Crippen molar-refractivity contribution in [3.63, 3.8) is 0 Å². The molecular weight excluding hydrogens is 368 g/mol. The molecule has 26 heavy (non-hydrogen) atoms. The van der Waals surface area contributed by atoms with Crippen molar-refractivity contribution in [2.75, 3.05) is 0 Å².